The van der Waals surface area contributed by atoms with Gasteiger partial charge < -0.3 is 39.1 Å². The summed E-state index contributed by atoms with van der Waals surface area (Å²) in [6.07, 6.45) is 0. The van der Waals surface area contributed by atoms with Crippen LogP contribution in [0.4, 0.5) is 0 Å². The quantitative estimate of drug-likeness (QED) is 0.357. The molecular formula is C6H10NNa3O8Si. The zero-order valence-corrected chi connectivity index (χ0v) is 18.1. The fourth-order valence-corrected chi connectivity index (χ4v) is 0.477. The number of carboxylic acids is 1. The summed E-state index contributed by atoms with van der Waals surface area (Å²) >= 11 is 0. The van der Waals surface area contributed by atoms with Crippen molar-refractivity contribution in [2.75, 3.05) is 26.3 Å². The van der Waals surface area contributed by atoms with Gasteiger partial charge in [0.05, 0.1) is 19.1 Å². The fraction of sp³-hybridized carbons (Fsp3) is 0.667. The van der Waals surface area contributed by atoms with E-state index in [1.165, 1.54) is 0 Å². The predicted octanol–water partition coefficient (Wildman–Crippen LogP) is -15.0. The Hall–Kier alpha value is 1.48. The Morgan fingerprint density at radius 3 is 1.89 bits per heavy atom. The van der Waals surface area contributed by atoms with Gasteiger partial charge in [-0.25, -0.2) is 0 Å². The van der Waals surface area contributed by atoms with Crippen LogP contribution in [0.25, 0.3) is 0 Å². The van der Waals surface area contributed by atoms with Gasteiger partial charge in [-0.3, -0.25) is 4.79 Å². The van der Waals surface area contributed by atoms with Crippen molar-refractivity contribution in [2.45, 2.75) is 0 Å². The number of aliphatic hydroxyl groups excluding tert-OH is 1. The molecule has 0 aromatic heterocycles. The maximum Gasteiger partial charge on any atom is 1.00 e. The molecule has 0 aliphatic rings. The monoisotopic (exact) mass is 321 g/mol. The number of carboxylic acid groups (broad SMARTS) is 1. The Bertz CT molecular complexity index is 241. The van der Waals surface area contributed by atoms with Crippen molar-refractivity contribution in [2.24, 2.45) is 0 Å². The topological polar surface area (TPSA) is 162 Å². The Balaban J connectivity index is -0.0000000827. The maximum absolute atomic E-state index is 10.6. The third kappa shape index (κ3) is 45.2. The summed E-state index contributed by atoms with van der Waals surface area (Å²) in [5, 5.41) is 20.3. The Morgan fingerprint density at radius 2 is 1.58 bits per heavy atom. The van der Waals surface area contributed by atoms with Gasteiger partial charge in [0.25, 0.3) is 0 Å². The van der Waals surface area contributed by atoms with Gasteiger partial charge in [0, 0.05) is 15.7 Å². The molecule has 19 heavy (non-hydrogen) atoms. The number of rotatable bonds is 6. The second kappa shape index (κ2) is 24.5. The third-order valence-electron chi connectivity index (χ3n) is 0.893. The standard InChI is InChI=1S/C6H11NO5.3Na.O3Si/c8-1-2-12-6(11)4-7-3-5(9)10;;;;1-4(2)3/h7-8H,1-4H2,(H,9,10);;;;/q;3*+1;-2/p-1. The molecule has 0 aliphatic heterocycles. The molecular weight excluding hydrogens is 311 g/mol. The molecule has 0 amide bonds. The minimum Gasteiger partial charge on any atom is -0.672 e. The number of hydrogen-bond acceptors (Lipinski definition) is 9. The third-order valence-corrected chi connectivity index (χ3v) is 0.893. The van der Waals surface area contributed by atoms with Gasteiger partial charge >= 0.3 is 94.6 Å². The molecule has 0 aliphatic carbocycles. The van der Waals surface area contributed by atoms with Crippen molar-refractivity contribution in [3.63, 3.8) is 0 Å². The molecule has 0 saturated carbocycles. The summed E-state index contributed by atoms with van der Waals surface area (Å²) < 4.78 is 12.9. The van der Waals surface area contributed by atoms with Crippen LogP contribution in [-0.4, -0.2) is 52.5 Å². The molecule has 0 saturated heterocycles. The van der Waals surface area contributed by atoms with E-state index in [-0.39, 0.29) is 108 Å². The minimum atomic E-state index is -3.63. The van der Waals surface area contributed by atoms with Crippen molar-refractivity contribution in [1.82, 2.24) is 5.32 Å². The Kier molecular flexibility index (Phi) is 41.8. The second-order valence-electron chi connectivity index (χ2n) is 2.17. The predicted molar refractivity (Wildman–Crippen MR) is 42.4 cm³/mol. The van der Waals surface area contributed by atoms with Crippen LogP contribution in [0.3, 0.4) is 0 Å². The van der Waals surface area contributed by atoms with Crippen molar-refractivity contribution >= 4 is 21.1 Å². The first-order chi connectivity index (χ1) is 7.40. The van der Waals surface area contributed by atoms with E-state index in [9.17, 15) is 14.7 Å². The molecule has 0 heterocycles. The molecule has 94 valence electrons. The molecule has 0 rings (SSSR count). The van der Waals surface area contributed by atoms with Crippen LogP contribution in [0.5, 0.6) is 0 Å². The van der Waals surface area contributed by atoms with Gasteiger partial charge in [-0.2, -0.15) is 0 Å². The first kappa shape index (κ1) is 32.4. The number of ether oxygens (including phenoxy) is 1. The molecule has 13 heteroatoms. The largest absolute Gasteiger partial charge is 1.00 e. The smallest absolute Gasteiger partial charge is 0.672 e. The van der Waals surface area contributed by atoms with Gasteiger partial charge in [-0.05, 0) is 0 Å². The van der Waals surface area contributed by atoms with Gasteiger partial charge in [-0.15, -0.1) is 0 Å². The molecule has 0 atom stereocenters. The van der Waals surface area contributed by atoms with Crippen LogP contribution >= 0.6 is 0 Å². The SMILES string of the molecule is O=C([O-])CNCC(=O)OCCO.O=[Si]([O-])[O-].[Na+].[Na+].[Na+]. The molecule has 0 aromatic carbocycles. The second-order valence-corrected chi connectivity index (χ2v) is 2.67. The van der Waals surface area contributed by atoms with Crippen LogP contribution in [0.1, 0.15) is 0 Å². The van der Waals surface area contributed by atoms with Crippen molar-refractivity contribution in [3.8, 4) is 0 Å². The van der Waals surface area contributed by atoms with Crippen molar-refractivity contribution in [1.29, 1.82) is 0 Å². The minimum absolute atomic E-state index is 0. The molecule has 0 bridgehead atoms. The van der Waals surface area contributed by atoms with E-state index in [2.05, 4.69) is 10.1 Å². The maximum atomic E-state index is 10.6. The summed E-state index contributed by atoms with van der Waals surface area (Å²) in [7, 11) is -3.63. The molecule has 0 fully saturated rings. The number of aliphatic hydroxyl groups is 1. The van der Waals surface area contributed by atoms with Crippen LogP contribution in [0, 0.1) is 0 Å². The fourth-order valence-electron chi connectivity index (χ4n) is 0.477. The van der Waals surface area contributed by atoms with Crippen LogP contribution in [-0.2, 0) is 18.8 Å². The number of hydrogen-bond donors (Lipinski definition) is 2. The summed E-state index contributed by atoms with van der Waals surface area (Å²) in [5.74, 6) is -1.89. The van der Waals surface area contributed by atoms with E-state index in [0.29, 0.717) is 0 Å². The average Bonchev–Trinajstić information content (AvgIpc) is 2.13. The summed E-state index contributed by atoms with van der Waals surface area (Å²) in [5.41, 5.74) is 0. The normalized spacial score (nSPS) is 7.21. The first-order valence-electron chi connectivity index (χ1n) is 3.95. The van der Waals surface area contributed by atoms with E-state index in [1.807, 2.05) is 0 Å². The number of nitrogens with one attached hydrogen (secondary N) is 1. The molecule has 0 radical (unpaired) electrons. The van der Waals surface area contributed by atoms with Crippen LogP contribution in [0.2, 0.25) is 0 Å². The Labute approximate surface area is 177 Å². The summed E-state index contributed by atoms with van der Waals surface area (Å²) in [6, 6.07) is 0. The molecule has 0 unspecified atom stereocenters. The van der Waals surface area contributed by atoms with E-state index in [0.717, 1.165) is 0 Å². The van der Waals surface area contributed by atoms with Crippen molar-refractivity contribution < 1.29 is 127 Å². The van der Waals surface area contributed by atoms with Crippen molar-refractivity contribution in [3.05, 3.63) is 0 Å². The zero-order valence-electron chi connectivity index (χ0n) is 11.1. The molecule has 9 nitrogen and oxygen atoms in total. The van der Waals surface area contributed by atoms with Gasteiger partial charge in [0.2, 0.25) is 0 Å². The van der Waals surface area contributed by atoms with E-state index < -0.39 is 27.7 Å². The van der Waals surface area contributed by atoms with E-state index in [1.54, 1.807) is 0 Å². The van der Waals surface area contributed by atoms with Gasteiger partial charge in [-0.1, -0.05) is 0 Å². The van der Waals surface area contributed by atoms with Crippen LogP contribution < -0.4 is 109 Å². The van der Waals surface area contributed by atoms with E-state index in [4.69, 9.17) is 19.2 Å². The number of esters is 1. The molecule has 2 N–H and O–H groups in total. The van der Waals surface area contributed by atoms with Gasteiger partial charge in [0.1, 0.15) is 6.61 Å². The molecule has 0 aromatic rings. The summed E-state index contributed by atoms with van der Waals surface area (Å²) in [4.78, 5) is 37.4. The molecule has 0 spiro atoms. The summed E-state index contributed by atoms with van der Waals surface area (Å²) in [6.45, 7) is -0.916. The van der Waals surface area contributed by atoms with Gasteiger partial charge in [0.15, 0.2) is 0 Å². The number of carbonyl (C=O) groups excluding carboxylic acids is 2. The van der Waals surface area contributed by atoms with Crippen LogP contribution in [0.15, 0.2) is 0 Å². The number of aliphatic carboxylic acids is 1. The first-order valence-corrected chi connectivity index (χ1v) is 5.17. The van der Waals surface area contributed by atoms with E-state index >= 15 is 0 Å². The average molecular weight is 321 g/mol. The Morgan fingerprint density at radius 1 is 1.16 bits per heavy atom. The number of carbonyl (C=O) groups is 2. The zero-order chi connectivity index (χ0) is 13.0.